The Balaban J connectivity index is 1.78. The largest absolute Gasteiger partial charge is 0.478 e. The minimum atomic E-state index is -1.24. The van der Waals surface area contributed by atoms with Crippen LogP contribution in [0.3, 0.4) is 0 Å². The third-order valence-corrected chi connectivity index (χ3v) is 5.90. The molecule has 0 aliphatic heterocycles. The van der Waals surface area contributed by atoms with Crippen LogP contribution in [0.15, 0.2) is 60.8 Å². The molecule has 3 aromatic rings. The Morgan fingerprint density at radius 2 is 1.62 bits per heavy atom. The number of Topliss-reactive ketones (excluding diaryl/α,β-unsaturated/α-hetero) is 1. The van der Waals surface area contributed by atoms with E-state index in [-0.39, 0.29) is 34.6 Å². The zero-order valence-electron chi connectivity index (χ0n) is 19.3. The van der Waals surface area contributed by atoms with Crippen molar-refractivity contribution >= 4 is 40.5 Å². The molecule has 7 heteroatoms. The van der Waals surface area contributed by atoms with Gasteiger partial charge in [0.15, 0.2) is 5.78 Å². The van der Waals surface area contributed by atoms with Gasteiger partial charge in [-0.1, -0.05) is 43.9 Å². The SMILES string of the molecule is CCCCCCC(=O)c1ccc(C(=O)c2ccc(N(C)c3ccc(Cl)cc3)cn2)cc1C(=O)O. The smallest absolute Gasteiger partial charge is 0.336 e. The quantitative estimate of drug-likeness (QED) is 0.247. The number of carboxylic acid groups (broad SMARTS) is 1. The normalized spacial score (nSPS) is 10.7. The van der Waals surface area contributed by atoms with Gasteiger partial charge in [-0.3, -0.25) is 14.6 Å². The number of aromatic nitrogens is 1. The maximum Gasteiger partial charge on any atom is 0.336 e. The molecule has 1 heterocycles. The van der Waals surface area contributed by atoms with Crippen molar-refractivity contribution in [3.63, 3.8) is 0 Å². The molecule has 1 aromatic heterocycles. The molecule has 2 aromatic carbocycles. The molecule has 3 rings (SSSR count). The molecule has 0 saturated heterocycles. The summed E-state index contributed by atoms with van der Waals surface area (Å²) < 4.78 is 0. The second-order valence-electron chi connectivity index (χ2n) is 8.07. The zero-order chi connectivity index (χ0) is 24.7. The Kier molecular flexibility index (Phi) is 8.55. The van der Waals surface area contributed by atoms with E-state index in [1.54, 1.807) is 30.5 Å². The third kappa shape index (κ3) is 6.08. The molecule has 0 unspecified atom stereocenters. The minimum Gasteiger partial charge on any atom is -0.478 e. The van der Waals surface area contributed by atoms with E-state index >= 15 is 0 Å². The average molecular weight is 479 g/mol. The fraction of sp³-hybridized carbons (Fsp3) is 0.259. The first kappa shape index (κ1) is 25.1. The zero-order valence-corrected chi connectivity index (χ0v) is 20.0. The maximum absolute atomic E-state index is 13.0. The Morgan fingerprint density at radius 3 is 2.24 bits per heavy atom. The highest BCUT2D eigenvalue weighted by Crippen LogP contribution is 2.25. The number of hydrogen-bond acceptors (Lipinski definition) is 5. The van der Waals surface area contributed by atoms with Gasteiger partial charge in [0, 0.05) is 35.3 Å². The fourth-order valence-corrected chi connectivity index (χ4v) is 3.76. The number of carbonyl (C=O) groups is 3. The van der Waals surface area contributed by atoms with Crippen molar-refractivity contribution in [2.45, 2.75) is 39.0 Å². The highest BCUT2D eigenvalue weighted by atomic mass is 35.5. The summed E-state index contributed by atoms with van der Waals surface area (Å²) in [6.45, 7) is 2.08. The van der Waals surface area contributed by atoms with Gasteiger partial charge >= 0.3 is 5.97 Å². The van der Waals surface area contributed by atoms with Crippen LogP contribution in [0.1, 0.15) is 75.8 Å². The lowest BCUT2D eigenvalue weighted by molar-refractivity contribution is 0.0691. The topological polar surface area (TPSA) is 87.6 Å². The number of hydrogen-bond donors (Lipinski definition) is 1. The number of ketones is 2. The molecule has 0 aliphatic carbocycles. The van der Waals surface area contributed by atoms with E-state index in [0.717, 1.165) is 30.6 Å². The standard InChI is InChI=1S/C27H27ClN2O4/c1-3-4-5-6-7-25(31)22-14-8-18(16-23(22)27(33)34)26(32)24-15-13-21(17-29-24)30(2)20-11-9-19(28)10-12-20/h8-17H,3-7H2,1-2H3,(H,33,34). The highest BCUT2D eigenvalue weighted by Gasteiger charge is 2.20. The summed E-state index contributed by atoms with van der Waals surface area (Å²) >= 11 is 5.94. The molecule has 176 valence electrons. The van der Waals surface area contributed by atoms with Crippen molar-refractivity contribution in [2.24, 2.45) is 0 Å². The molecule has 0 amide bonds. The number of carboxylic acids is 1. The molecular weight excluding hydrogens is 452 g/mol. The lowest BCUT2D eigenvalue weighted by Gasteiger charge is -2.19. The minimum absolute atomic E-state index is 0.133. The van der Waals surface area contributed by atoms with Gasteiger partial charge in [-0.2, -0.15) is 0 Å². The van der Waals surface area contributed by atoms with Gasteiger partial charge in [-0.25, -0.2) is 4.79 Å². The summed E-state index contributed by atoms with van der Waals surface area (Å²) in [6.07, 6.45) is 5.60. The van der Waals surface area contributed by atoms with Gasteiger partial charge in [-0.05, 0) is 55.0 Å². The van der Waals surface area contributed by atoms with E-state index in [9.17, 15) is 19.5 Å². The van der Waals surface area contributed by atoms with Crippen molar-refractivity contribution in [1.29, 1.82) is 0 Å². The summed E-state index contributed by atoms with van der Waals surface area (Å²) in [5.41, 5.74) is 2.01. The molecule has 0 saturated carbocycles. The van der Waals surface area contributed by atoms with Crippen LogP contribution in [0.2, 0.25) is 5.02 Å². The van der Waals surface area contributed by atoms with Crippen LogP contribution in [0, 0.1) is 0 Å². The fourth-order valence-electron chi connectivity index (χ4n) is 3.63. The molecule has 0 fully saturated rings. The van der Waals surface area contributed by atoms with Gasteiger partial charge < -0.3 is 10.0 Å². The van der Waals surface area contributed by atoms with E-state index in [1.807, 2.05) is 24.1 Å². The second-order valence-corrected chi connectivity index (χ2v) is 8.50. The van der Waals surface area contributed by atoms with Crippen LogP contribution in [0.25, 0.3) is 0 Å². The molecule has 0 radical (unpaired) electrons. The Hall–Kier alpha value is -3.51. The number of nitrogens with zero attached hydrogens (tertiary/aromatic N) is 2. The van der Waals surface area contributed by atoms with E-state index in [0.29, 0.717) is 11.4 Å². The molecule has 34 heavy (non-hydrogen) atoms. The number of aromatic carboxylic acids is 1. The van der Waals surface area contributed by atoms with E-state index in [4.69, 9.17) is 11.6 Å². The number of carbonyl (C=O) groups excluding carboxylic acids is 2. The monoisotopic (exact) mass is 478 g/mol. The number of pyridine rings is 1. The Labute approximate surface area is 204 Å². The third-order valence-electron chi connectivity index (χ3n) is 5.65. The molecule has 1 N–H and O–H groups in total. The van der Waals surface area contributed by atoms with Gasteiger partial charge in [0.1, 0.15) is 5.69 Å². The van der Waals surface area contributed by atoms with Crippen molar-refractivity contribution in [3.05, 3.63) is 88.2 Å². The number of unbranched alkanes of at least 4 members (excludes halogenated alkanes) is 3. The number of rotatable bonds is 11. The predicted molar refractivity (Wildman–Crippen MR) is 134 cm³/mol. The van der Waals surface area contributed by atoms with Crippen molar-refractivity contribution in [3.8, 4) is 0 Å². The number of benzene rings is 2. The predicted octanol–water partition coefficient (Wildman–Crippen LogP) is 6.59. The summed E-state index contributed by atoms with van der Waals surface area (Å²) in [4.78, 5) is 43.5. The molecule has 0 bridgehead atoms. The molecule has 0 atom stereocenters. The molecule has 6 nitrogen and oxygen atoms in total. The van der Waals surface area contributed by atoms with Gasteiger partial charge in [0.2, 0.25) is 5.78 Å². The van der Waals surface area contributed by atoms with Crippen LogP contribution in [0.4, 0.5) is 11.4 Å². The van der Waals surface area contributed by atoms with Crippen molar-refractivity contribution < 1.29 is 19.5 Å². The summed E-state index contributed by atoms with van der Waals surface area (Å²) in [7, 11) is 1.87. The van der Waals surface area contributed by atoms with Crippen LogP contribution >= 0.6 is 11.6 Å². The number of anilines is 2. The summed E-state index contributed by atoms with van der Waals surface area (Å²) in [5.74, 6) is -1.87. The Morgan fingerprint density at radius 1 is 0.912 bits per heavy atom. The van der Waals surface area contributed by atoms with E-state index < -0.39 is 11.8 Å². The van der Waals surface area contributed by atoms with Gasteiger partial charge in [0.05, 0.1) is 17.4 Å². The molecule has 0 spiro atoms. The van der Waals surface area contributed by atoms with Crippen LogP contribution in [0.5, 0.6) is 0 Å². The van der Waals surface area contributed by atoms with Crippen LogP contribution < -0.4 is 4.90 Å². The van der Waals surface area contributed by atoms with Crippen LogP contribution in [-0.4, -0.2) is 34.7 Å². The first-order chi connectivity index (χ1) is 16.3. The van der Waals surface area contributed by atoms with E-state index in [1.165, 1.54) is 18.2 Å². The van der Waals surface area contributed by atoms with Gasteiger partial charge in [0.25, 0.3) is 0 Å². The van der Waals surface area contributed by atoms with Gasteiger partial charge in [-0.15, -0.1) is 0 Å². The second kappa shape index (κ2) is 11.6. The van der Waals surface area contributed by atoms with E-state index in [2.05, 4.69) is 11.9 Å². The average Bonchev–Trinajstić information content (AvgIpc) is 2.85. The maximum atomic E-state index is 13.0. The molecular formula is C27H27ClN2O4. The lowest BCUT2D eigenvalue weighted by Crippen LogP contribution is -2.13. The highest BCUT2D eigenvalue weighted by molar-refractivity contribution is 6.30. The first-order valence-corrected chi connectivity index (χ1v) is 11.6. The number of halogens is 1. The van der Waals surface area contributed by atoms with Crippen molar-refractivity contribution in [2.75, 3.05) is 11.9 Å². The molecule has 0 aliphatic rings. The van der Waals surface area contributed by atoms with Crippen LogP contribution in [-0.2, 0) is 0 Å². The summed E-state index contributed by atoms with van der Waals surface area (Å²) in [6, 6.07) is 14.9. The van der Waals surface area contributed by atoms with Crippen molar-refractivity contribution in [1.82, 2.24) is 4.98 Å². The Bertz CT molecular complexity index is 1170. The lowest BCUT2D eigenvalue weighted by atomic mass is 9.95. The first-order valence-electron chi connectivity index (χ1n) is 11.2. The summed E-state index contributed by atoms with van der Waals surface area (Å²) in [5, 5.41) is 10.3.